The van der Waals surface area contributed by atoms with Crippen LogP contribution in [0.5, 0.6) is 0 Å². The fourth-order valence-corrected chi connectivity index (χ4v) is 5.11. The van der Waals surface area contributed by atoms with Gasteiger partial charge in [0.1, 0.15) is 12.2 Å². The van der Waals surface area contributed by atoms with Crippen LogP contribution >= 0.6 is 11.3 Å². The minimum Gasteiger partial charge on any atom is -0.468 e. The van der Waals surface area contributed by atoms with Crippen LogP contribution in [0.15, 0.2) is 28.2 Å². The number of aromatic nitrogens is 1. The quantitative estimate of drug-likeness (QED) is 0.713. The second kappa shape index (κ2) is 6.96. The second-order valence-corrected chi connectivity index (χ2v) is 8.67. The lowest BCUT2D eigenvalue weighted by Crippen LogP contribution is -2.44. The third-order valence-electron chi connectivity index (χ3n) is 3.89. The van der Waals surface area contributed by atoms with E-state index < -0.39 is 27.8 Å². The second-order valence-electron chi connectivity index (χ2n) is 5.58. The van der Waals surface area contributed by atoms with Crippen LogP contribution in [0.3, 0.4) is 0 Å². The zero-order valence-corrected chi connectivity index (χ0v) is 15.0. The molecule has 3 rings (SSSR count). The number of esters is 1. The summed E-state index contributed by atoms with van der Waals surface area (Å²) in [5.74, 6) is -0.741. The van der Waals surface area contributed by atoms with Gasteiger partial charge in [0.15, 0.2) is 20.6 Å². The summed E-state index contributed by atoms with van der Waals surface area (Å²) in [5, 5.41) is 2.10. The summed E-state index contributed by atoms with van der Waals surface area (Å²) in [6, 6.07) is 2.87. The molecule has 1 aliphatic rings. The molecule has 0 saturated carbocycles. The van der Waals surface area contributed by atoms with Crippen molar-refractivity contribution in [2.75, 3.05) is 25.2 Å². The maximum Gasteiger partial charge on any atom is 0.325 e. The molecule has 8 nitrogen and oxygen atoms in total. The number of ether oxygens (including phenoxy) is 1. The Hall–Kier alpha value is -2.20. The summed E-state index contributed by atoms with van der Waals surface area (Å²) in [5.41, 5.74) is 0.143. The van der Waals surface area contributed by atoms with Crippen LogP contribution in [0.1, 0.15) is 16.9 Å². The fourth-order valence-electron chi connectivity index (χ4n) is 2.62. The fraction of sp³-hybridized carbons (Fsp3) is 0.400. The molecule has 0 bridgehead atoms. The van der Waals surface area contributed by atoms with Gasteiger partial charge in [-0.25, -0.2) is 13.4 Å². The van der Waals surface area contributed by atoms with Crippen molar-refractivity contribution in [3.63, 3.8) is 0 Å². The maximum absolute atomic E-state index is 12.8. The van der Waals surface area contributed by atoms with Gasteiger partial charge in [-0.05, 0) is 18.6 Å². The van der Waals surface area contributed by atoms with E-state index in [4.69, 9.17) is 4.42 Å². The molecular formula is C15H16N2O6S2. The molecule has 0 aromatic carbocycles. The number of amides is 1. The molecule has 1 saturated heterocycles. The predicted molar refractivity (Wildman–Crippen MR) is 89.9 cm³/mol. The standard InChI is InChI=1S/C15H16N2O6S2/c1-22-13(18)7-17(10-4-6-25(20,21)9-10)15(19)11-8-24-14(16-11)12-3-2-5-23-12/h2-3,5,8,10H,4,6-7,9H2,1H3/t10-/m0/s1. The molecular weight excluding hydrogens is 368 g/mol. The highest BCUT2D eigenvalue weighted by molar-refractivity contribution is 7.91. The first kappa shape index (κ1) is 17.6. The predicted octanol–water partition coefficient (Wildman–Crippen LogP) is 1.21. The van der Waals surface area contributed by atoms with Gasteiger partial charge in [0.2, 0.25) is 0 Å². The van der Waals surface area contributed by atoms with E-state index >= 15 is 0 Å². The Kier molecular flexibility index (Phi) is 4.91. The van der Waals surface area contributed by atoms with Crippen molar-refractivity contribution in [3.05, 3.63) is 29.5 Å². The molecule has 3 heterocycles. The Morgan fingerprint density at radius 1 is 1.48 bits per heavy atom. The number of sulfone groups is 1. The maximum atomic E-state index is 12.8. The molecule has 0 N–H and O–H groups in total. The lowest BCUT2D eigenvalue weighted by atomic mass is 10.2. The molecule has 1 fully saturated rings. The van der Waals surface area contributed by atoms with E-state index in [1.165, 1.54) is 29.6 Å². The molecule has 0 spiro atoms. The van der Waals surface area contributed by atoms with E-state index in [9.17, 15) is 18.0 Å². The first-order chi connectivity index (χ1) is 11.9. The molecule has 1 atom stereocenters. The van der Waals surface area contributed by atoms with Gasteiger partial charge in [-0.2, -0.15) is 0 Å². The van der Waals surface area contributed by atoms with Gasteiger partial charge in [-0.3, -0.25) is 9.59 Å². The average Bonchev–Trinajstić information content (AvgIpc) is 3.31. The van der Waals surface area contributed by atoms with Crippen molar-refractivity contribution in [1.82, 2.24) is 9.88 Å². The Morgan fingerprint density at radius 2 is 2.28 bits per heavy atom. The van der Waals surface area contributed by atoms with Crippen molar-refractivity contribution in [2.24, 2.45) is 0 Å². The average molecular weight is 384 g/mol. The molecule has 2 aromatic rings. The largest absolute Gasteiger partial charge is 0.468 e. The molecule has 2 aromatic heterocycles. The summed E-state index contributed by atoms with van der Waals surface area (Å²) in [6.07, 6.45) is 1.80. The van der Waals surface area contributed by atoms with Gasteiger partial charge in [-0.1, -0.05) is 0 Å². The molecule has 0 radical (unpaired) electrons. The number of rotatable bonds is 5. The van der Waals surface area contributed by atoms with E-state index in [-0.39, 0.29) is 23.7 Å². The lowest BCUT2D eigenvalue weighted by Gasteiger charge is -2.26. The SMILES string of the molecule is COC(=O)CN(C(=O)c1csc(-c2ccco2)n1)[C@H]1CCS(=O)(=O)C1. The van der Waals surface area contributed by atoms with Crippen LogP contribution in [0, 0.1) is 0 Å². The van der Waals surface area contributed by atoms with Gasteiger partial charge < -0.3 is 14.1 Å². The number of carbonyl (C=O) groups excluding carboxylic acids is 2. The molecule has 10 heteroatoms. The van der Waals surface area contributed by atoms with Gasteiger partial charge in [0.25, 0.3) is 5.91 Å². The Balaban J connectivity index is 1.85. The van der Waals surface area contributed by atoms with Gasteiger partial charge >= 0.3 is 5.97 Å². The number of nitrogens with zero attached hydrogens (tertiary/aromatic N) is 2. The Morgan fingerprint density at radius 3 is 2.88 bits per heavy atom. The van der Waals surface area contributed by atoms with Crippen LogP contribution in [0.25, 0.3) is 10.8 Å². The van der Waals surface area contributed by atoms with E-state index in [0.29, 0.717) is 17.2 Å². The number of methoxy groups -OCH3 is 1. The van der Waals surface area contributed by atoms with E-state index in [1.807, 2.05) is 0 Å². The molecule has 134 valence electrons. The normalized spacial score (nSPS) is 18.8. The van der Waals surface area contributed by atoms with Crippen molar-refractivity contribution < 1.29 is 27.2 Å². The zero-order chi connectivity index (χ0) is 18.0. The Bertz CT molecular complexity index is 872. The van der Waals surface area contributed by atoms with E-state index in [0.717, 1.165) is 0 Å². The van der Waals surface area contributed by atoms with Crippen molar-refractivity contribution in [2.45, 2.75) is 12.5 Å². The highest BCUT2D eigenvalue weighted by Gasteiger charge is 2.36. The third kappa shape index (κ3) is 3.90. The minimum atomic E-state index is -3.21. The van der Waals surface area contributed by atoms with E-state index in [2.05, 4.69) is 9.72 Å². The molecule has 1 aliphatic heterocycles. The topological polar surface area (TPSA) is 107 Å². The van der Waals surface area contributed by atoms with Gasteiger partial charge in [0.05, 0.1) is 24.9 Å². The van der Waals surface area contributed by atoms with Crippen LogP contribution in [-0.2, 0) is 19.4 Å². The number of furan rings is 1. The summed E-state index contributed by atoms with van der Waals surface area (Å²) in [7, 11) is -1.99. The summed E-state index contributed by atoms with van der Waals surface area (Å²) in [4.78, 5) is 30.0. The first-order valence-corrected chi connectivity index (χ1v) is 10.2. The summed E-state index contributed by atoms with van der Waals surface area (Å²) < 4.78 is 33.4. The van der Waals surface area contributed by atoms with Crippen LogP contribution in [0.4, 0.5) is 0 Å². The summed E-state index contributed by atoms with van der Waals surface area (Å²) in [6.45, 7) is -0.316. The van der Waals surface area contributed by atoms with E-state index in [1.54, 1.807) is 17.5 Å². The molecule has 1 amide bonds. The number of carbonyl (C=O) groups is 2. The smallest absolute Gasteiger partial charge is 0.325 e. The van der Waals surface area contributed by atoms with Crippen molar-refractivity contribution >= 4 is 33.1 Å². The Labute approximate surface area is 148 Å². The van der Waals surface area contributed by atoms with Crippen molar-refractivity contribution in [3.8, 4) is 10.8 Å². The number of hydrogen-bond acceptors (Lipinski definition) is 8. The first-order valence-electron chi connectivity index (χ1n) is 7.47. The lowest BCUT2D eigenvalue weighted by molar-refractivity contribution is -0.141. The van der Waals surface area contributed by atoms with Gasteiger partial charge in [-0.15, -0.1) is 11.3 Å². The molecule has 25 heavy (non-hydrogen) atoms. The highest BCUT2D eigenvalue weighted by atomic mass is 32.2. The monoisotopic (exact) mass is 384 g/mol. The van der Waals surface area contributed by atoms with Gasteiger partial charge in [0, 0.05) is 11.4 Å². The third-order valence-corrected chi connectivity index (χ3v) is 6.50. The van der Waals surface area contributed by atoms with Crippen LogP contribution < -0.4 is 0 Å². The highest BCUT2D eigenvalue weighted by Crippen LogP contribution is 2.26. The van der Waals surface area contributed by atoms with Crippen molar-refractivity contribution in [1.29, 1.82) is 0 Å². The number of hydrogen-bond donors (Lipinski definition) is 0. The number of thiazole rings is 1. The minimum absolute atomic E-state index is 0.00265. The molecule has 0 aliphatic carbocycles. The molecule has 0 unspecified atom stereocenters. The van der Waals surface area contributed by atoms with Crippen LogP contribution in [-0.4, -0.2) is 61.4 Å². The zero-order valence-electron chi connectivity index (χ0n) is 13.4. The van der Waals surface area contributed by atoms with Crippen LogP contribution in [0.2, 0.25) is 0 Å². The summed E-state index contributed by atoms with van der Waals surface area (Å²) >= 11 is 1.23.